The van der Waals surface area contributed by atoms with Crippen molar-refractivity contribution in [1.29, 1.82) is 0 Å². The number of likely N-dealkylation sites (tertiary alicyclic amines) is 1. The van der Waals surface area contributed by atoms with Crippen molar-refractivity contribution in [1.82, 2.24) is 4.90 Å². The highest BCUT2D eigenvalue weighted by Gasteiger charge is 2.33. The van der Waals surface area contributed by atoms with Crippen LogP contribution < -0.4 is 0 Å². The number of nitrogens with zero attached hydrogens (tertiary/aromatic N) is 1. The summed E-state index contributed by atoms with van der Waals surface area (Å²) in [5, 5.41) is 8.74. The minimum atomic E-state index is -0.0525. The standard InChI is InChI=1S/C17H23NOS/c19-12-4-7-15-9-10-16(20-15)13-18-11-3-8-17(18)14-5-1-2-6-14/h9-10,14,17,19H,1-3,5-6,8,11-13H2. The lowest BCUT2D eigenvalue weighted by Crippen LogP contribution is -2.33. The summed E-state index contributed by atoms with van der Waals surface area (Å²) in [7, 11) is 0. The van der Waals surface area contributed by atoms with Crippen LogP contribution >= 0.6 is 11.3 Å². The van der Waals surface area contributed by atoms with Crippen LogP contribution in [0.4, 0.5) is 0 Å². The molecule has 1 atom stereocenters. The molecule has 0 spiro atoms. The second-order valence-electron chi connectivity index (χ2n) is 5.95. The maximum Gasteiger partial charge on any atom is 0.104 e. The Morgan fingerprint density at radius 1 is 1.20 bits per heavy atom. The Labute approximate surface area is 125 Å². The smallest absolute Gasteiger partial charge is 0.104 e. The fraction of sp³-hybridized carbons (Fsp3) is 0.647. The molecule has 1 aliphatic carbocycles. The zero-order valence-electron chi connectivity index (χ0n) is 12.0. The Balaban J connectivity index is 1.62. The van der Waals surface area contributed by atoms with E-state index in [0.29, 0.717) is 0 Å². The van der Waals surface area contributed by atoms with Gasteiger partial charge in [0.1, 0.15) is 6.61 Å². The first kappa shape index (κ1) is 14.1. The Morgan fingerprint density at radius 3 is 2.85 bits per heavy atom. The van der Waals surface area contributed by atoms with Crippen LogP contribution in [-0.4, -0.2) is 29.2 Å². The maximum absolute atomic E-state index is 8.74. The number of hydrogen-bond acceptors (Lipinski definition) is 3. The fourth-order valence-electron chi connectivity index (χ4n) is 3.78. The van der Waals surface area contributed by atoms with Crippen molar-refractivity contribution < 1.29 is 5.11 Å². The van der Waals surface area contributed by atoms with Gasteiger partial charge in [-0.25, -0.2) is 0 Å². The molecule has 1 saturated carbocycles. The lowest BCUT2D eigenvalue weighted by Gasteiger charge is -2.28. The van der Waals surface area contributed by atoms with Gasteiger partial charge in [0.15, 0.2) is 0 Å². The summed E-state index contributed by atoms with van der Waals surface area (Å²) >= 11 is 1.78. The minimum Gasteiger partial charge on any atom is -0.384 e. The Bertz CT molecular complexity index is 493. The van der Waals surface area contributed by atoms with Crippen LogP contribution in [0, 0.1) is 17.8 Å². The van der Waals surface area contributed by atoms with Gasteiger partial charge in [0.25, 0.3) is 0 Å². The molecule has 3 heteroatoms. The normalized spacial score (nSPS) is 23.9. The van der Waals surface area contributed by atoms with Gasteiger partial charge < -0.3 is 5.11 Å². The predicted molar refractivity (Wildman–Crippen MR) is 83.7 cm³/mol. The van der Waals surface area contributed by atoms with E-state index < -0.39 is 0 Å². The van der Waals surface area contributed by atoms with E-state index in [0.717, 1.165) is 23.4 Å². The zero-order valence-corrected chi connectivity index (χ0v) is 12.8. The maximum atomic E-state index is 8.74. The topological polar surface area (TPSA) is 23.5 Å². The highest BCUT2D eigenvalue weighted by atomic mass is 32.1. The molecule has 3 rings (SSSR count). The highest BCUT2D eigenvalue weighted by Crippen LogP contribution is 2.36. The van der Waals surface area contributed by atoms with Crippen molar-refractivity contribution in [2.24, 2.45) is 5.92 Å². The molecule has 1 saturated heterocycles. The average molecular weight is 289 g/mol. The first-order valence-corrected chi connectivity index (χ1v) is 8.61. The third-order valence-electron chi connectivity index (χ3n) is 4.67. The molecular weight excluding hydrogens is 266 g/mol. The van der Waals surface area contributed by atoms with Gasteiger partial charge in [-0.3, -0.25) is 4.90 Å². The molecule has 2 aliphatic rings. The van der Waals surface area contributed by atoms with Crippen molar-refractivity contribution in [3.63, 3.8) is 0 Å². The van der Waals surface area contributed by atoms with E-state index in [9.17, 15) is 0 Å². The Kier molecular flexibility index (Phi) is 4.77. The molecule has 1 unspecified atom stereocenters. The lowest BCUT2D eigenvalue weighted by molar-refractivity contribution is 0.184. The van der Waals surface area contributed by atoms with Crippen molar-refractivity contribution in [3.05, 3.63) is 21.9 Å². The largest absolute Gasteiger partial charge is 0.384 e. The van der Waals surface area contributed by atoms with E-state index in [1.807, 2.05) is 0 Å². The second kappa shape index (κ2) is 6.76. The van der Waals surface area contributed by atoms with Gasteiger partial charge in [0, 0.05) is 17.5 Å². The van der Waals surface area contributed by atoms with Gasteiger partial charge in [-0.05, 0) is 50.3 Å². The monoisotopic (exact) mass is 289 g/mol. The van der Waals surface area contributed by atoms with Crippen LogP contribution in [0.2, 0.25) is 0 Å². The molecule has 1 N–H and O–H groups in total. The van der Waals surface area contributed by atoms with Crippen LogP contribution in [0.5, 0.6) is 0 Å². The average Bonchev–Trinajstić information content (AvgIpc) is 3.18. The van der Waals surface area contributed by atoms with E-state index in [2.05, 4.69) is 28.9 Å². The second-order valence-corrected chi connectivity index (χ2v) is 7.12. The number of rotatable bonds is 3. The summed E-state index contributed by atoms with van der Waals surface area (Å²) in [5.41, 5.74) is 0. The van der Waals surface area contributed by atoms with Crippen molar-refractivity contribution >= 4 is 11.3 Å². The highest BCUT2D eigenvalue weighted by molar-refractivity contribution is 7.12. The first-order chi connectivity index (χ1) is 9.86. The molecule has 1 aromatic rings. The van der Waals surface area contributed by atoms with E-state index in [-0.39, 0.29) is 6.61 Å². The lowest BCUT2D eigenvalue weighted by atomic mass is 9.96. The molecule has 1 aromatic heterocycles. The zero-order chi connectivity index (χ0) is 13.8. The van der Waals surface area contributed by atoms with Crippen LogP contribution in [-0.2, 0) is 6.54 Å². The van der Waals surface area contributed by atoms with Gasteiger partial charge in [0.05, 0.1) is 4.88 Å². The summed E-state index contributed by atoms with van der Waals surface area (Å²) < 4.78 is 0. The summed E-state index contributed by atoms with van der Waals surface area (Å²) in [6, 6.07) is 5.12. The Morgan fingerprint density at radius 2 is 2.05 bits per heavy atom. The van der Waals surface area contributed by atoms with Crippen LogP contribution in [0.15, 0.2) is 12.1 Å². The van der Waals surface area contributed by atoms with Crippen LogP contribution in [0.25, 0.3) is 0 Å². The quantitative estimate of drug-likeness (QED) is 0.864. The number of thiophene rings is 1. The molecule has 0 bridgehead atoms. The first-order valence-electron chi connectivity index (χ1n) is 7.79. The van der Waals surface area contributed by atoms with Gasteiger partial charge in [-0.2, -0.15) is 0 Å². The number of hydrogen-bond donors (Lipinski definition) is 1. The Hall–Kier alpha value is -0.820. The van der Waals surface area contributed by atoms with E-state index in [1.165, 1.54) is 49.9 Å². The van der Waals surface area contributed by atoms with E-state index >= 15 is 0 Å². The number of aliphatic hydroxyl groups is 1. The minimum absolute atomic E-state index is 0.0525. The summed E-state index contributed by atoms with van der Waals surface area (Å²) in [6.45, 7) is 2.30. The third kappa shape index (κ3) is 3.25. The van der Waals surface area contributed by atoms with Crippen LogP contribution in [0.1, 0.15) is 48.3 Å². The molecule has 0 aromatic carbocycles. The summed E-state index contributed by atoms with van der Waals surface area (Å²) in [4.78, 5) is 5.19. The SMILES string of the molecule is OCC#Cc1ccc(CN2CCCC2C2CCCC2)s1. The molecule has 108 valence electrons. The molecular formula is C17H23NOS. The molecule has 0 amide bonds. The summed E-state index contributed by atoms with van der Waals surface area (Å²) in [6.07, 6.45) is 8.53. The molecule has 20 heavy (non-hydrogen) atoms. The van der Waals surface area contributed by atoms with Crippen molar-refractivity contribution in [2.75, 3.05) is 13.2 Å². The third-order valence-corrected chi connectivity index (χ3v) is 5.65. The molecule has 1 aliphatic heterocycles. The molecule has 2 heterocycles. The van der Waals surface area contributed by atoms with E-state index in [4.69, 9.17) is 5.11 Å². The molecule has 2 fully saturated rings. The molecule has 2 nitrogen and oxygen atoms in total. The fourth-order valence-corrected chi connectivity index (χ4v) is 4.69. The summed E-state index contributed by atoms with van der Waals surface area (Å²) in [5.74, 6) is 6.68. The van der Waals surface area contributed by atoms with Gasteiger partial charge in [0.2, 0.25) is 0 Å². The van der Waals surface area contributed by atoms with E-state index in [1.54, 1.807) is 11.3 Å². The van der Waals surface area contributed by atoms with Crippen molar-refractivity contribution in [2.45, 2.75) is 51.1 Å². The molecule has 0 radical (unpaired) electrons. The predicted octanol–water partition coefficient (Wildman–Crippen LogP) is 3.25. The number of aliphatic hydroxyl groups excluding tert-OH is 1. The van der Waals surface area contributed by atoms with Crippen LogP contribution in [0.3, 0.4) is 0 Å². The van der Waals surface area contributed by atoms with Crippen molar-refractivity contribution in [3.8, 4) is 11.8 Å². The van der Waals surface area contributed by atoms with Gasteiger partial charge >= 0.3 is 0 Å². The van der Waals surface area contributed by atoms with Gasteiger partial charge in [-0.1, -0.05) is 24.7 Å². The van der Waals surface area contributed by atoms with Gasteiger partial charge in [-0.15, -0.1) is 11.3 Å².